The topological polar surface area (TPSA) is 109 Å². The first-order valence-corrected chi connectivity index (χ1v) is 8.58. The van der Waals surface area contributed by atoms with E-state index < -0.39 is 23.3 Å². The molecule has 0 amide bonds. The van der Waals surface area contributed by atoms with Gasteiger partial charge in [0.1, 0.15) is 6.04 Å². The van der Waals surface area contributed by atoms with Crippen LogP contribution in [0.25, 0.3) is 21.8 Å². The van der Waals surface area contributed by atoms with Crippen molar-refractivity contribution < 1.29 is 9.90 Å². The van der Waals surface area contributed by atoms with Gasteiger partial charge in [0, 0.05) is 22.7 Å². The summed E-state index contributed by atoms with van der Waals surface area (Å²) in [6.07, 6.45) is 3.03. The Balaban J connectivity index is 1.87. The first-order valence-electron chi connectivity index (χ1n) is 8.58. The van der Waals surface area contributed by atoms with Crippen LogP contribution in [-0.2, 0) is 4.79 Å². The third kappa shape index (κ3) is 2.81. The Morgan fingerprint density at radius 1 is 1.11 bits per heavy atom. The van der Waals surface area contributed by atoms with E-state index in [4.69, 9.17) is 0 Å². The lowest BCUT2D eigenvalue weighted by Crippen LogP contribution is -2.32. The van der Waals surface area contributed by atoms with Gasteiger partial charge in [0.2, 0.25) is 0 Å². The Labute approximate surface area is 158 Å². The molecular weight excluding hydrogens is 360 g/mol. The van der Waals surface area contributed by atoms with Crippen molar-refractivity contribution in [2.75, 3.05) is 0 Å². The predicted molar refractivity (Wildman–Crippen MR) is 106 cm³/mol. The molecule has 0 radical (unpaired) electrons. The molecule has 0 saturated heterocycles. The van der Waals surface area contributed by atoms with E-state index in [2.05, 4.69) is 10.1 Å². The number of carboxylic acids is 1. The monoisotopic (exact) mass is 376 g/mol. The highest BCUT2D eigenvalue weighted by Gasteiger charge is 2.17. The van der Waals surface area contributed by atoms with Gasteiger partial charge in [0.15, 0.2) is 0 Å². The molecule has 0 aliphatic rings. The SMILES string of the molecule is C[C@@H](C(=O)O)n1cc(C=Nn2c(=O)[nH]c3ccccc3c2=O)c2ccccc21. The lowest BCUT2D eigenvalue weighted by molar-refractivity contribution is -0.140. The van der Waals surface area contributed by atoms with Crippen molar-refractivity contribution in [1.29, 1.82) is 0 Å². The molecule has 8 heteroatoms. The molecule has 2 N–H and O–H groups in total. The number of nitrogens with one attached hydrogen (secondary N) is 1. The van der Waals surface area contributed by atoms with Crippen LogP contribution in [0, 0.1) is 0 Å². The molecule has 0 fully saturated rings. The highest BCUT2D eigenvalue weighted by atomic mass is 16.4. The average Bonchev–Trinajstić information content (AvgIpc) is 3.06. The van der Waals surface area contributed by atoms with Gasteiger partial charge in [-0.1, -0.05) is 30.3 Å². The highest BCUT2D eigenvalue weighted by molar-refractivity contribution is 6.00. The Bertz CT molecular complexity index is 1360. The summed E-state index contributed by atoms with van der Waals surface area (Å²) in [6, 6.07) is 13.2. The summed E-state index contributed by atoms with van der Waals surface area (Å²) in [5, 5.41) is 14.5. The number of aliphatic carboxylic acids is 1. The molecule has 2 heterocycles. The van der Waals surface area contributed by atoms with Crippen LogP contribution in [0.15, 0.2) is 69.4 Å². The summed E-state index contributed by atoms with van der Waals surface area (Å²) in [5.41, 5.74) is 0.582. The zero-order valence-corrected chi connectivity index (χ0v) is 14.9. The van der Waals surface area contributed by atoms with E-state index in [1.54, 1.807) is 48.0 Å². The van der Waals surface area contributed by atoms with Crippen LogP contribution in [0.2, 0.25) is 0 Å². The molecule has 1 atom stereocenters. The summed E-state index contributed by atoms with van der Waals surface area (Å²) in [6.45, 7) is 1.58. The fourth-order valence-corrected chi connectivity index (χ4v) is 3.15. The van der Waals surface area contributed by atoms with Crippen molar-refractivity contribution >= 4 is 34.0 Å². The van der Waals surface area contributed by atoms with Crippen molar-refractivity contribution in [1.82, 2.24) is 14.2 Å². The van der Waals surface area contributed by atoms with Gasteiger partial charge < -0.3 is 14.7 Å². The minimum Gasteiger partial charge on any atom is -0.480 e. The number of fused-ring (bicyclic) bond motifs is 2. The largest absolute Gasteiger partial charge is 0.480 e. The Morgan fingerprint density at radius 2 is 1.79 bits per heavy atom. The standard InChI is InChI=1S/C20H16N4O4/c1-12(19(26)27)23-11-13(14-6-3-5-9-17(14)23)10-21-24-18(25)15-7-2-4-8-16(15)22-20(24)28/h2-12H,1H3,(H,22,28)(H,26,27)/t12-/m0/s1. The van der Waals surface area contributed by atoms with Gasteiger partial charge in [0.05, 0.1) is 17.1 Å². The minimum atomic E-state index is -0.966. The first-order chi connectivity index (χ1) is 13.5. The second kappa shape index (κ2) is 6.66. The second-order valence-corrected chi connectivity index (χ2v) is 6.36. The smallest absolute Gasteiger partial charge is 0.349 e. The molecule has 8 nitrogen and oxygen atoms in total. The van der Waals surface area contributed by atoms with Gasteiger partial charge in [-0.3, -0.25) is 4.79 Å². The number of benzene rings is 2. The molecule has 140 valence electrons. The highest BCUT2D eigenvalue weighted by Crippen LogP contribution is 2.23. The summed E-state index contributed by atoms with van der Waals surface area (Å²) in [4.78, 5) is 38.9. The molecule has 0 saturated carbocycles. The predicted octanol–water partition coefficient (Wildman–Crippen LogP) is 2.17. The normalized spacial score (nSPS) is 12.8. The number of carbonyl (C=O) groups is 1. The van der Waals surface area contributed by atoms with Gasteiger partial charge in [-0.25, -0.2) is 9.59 Å². The molecule has 28 heavy (non-hydrogen) atoms. The molecule has 4 rings (SSSR count). The quantitative estimate of drug-likeness (QED) is 0.532. The fraction of sp³-hybridized carbons (Fsp3) is 0.100. The number of carboxylic acid groups (broad SMARTS) is 1. The molecule has 0 aliphatic carbocycles. The lowest BCUT2D eigenvalue weighted by atomic mass is 10.2. The maximum Gasteiger partial charge on any atom is 0.349 e. The summed E-state index contributed by atoms with van der Waals surface area (Å²) in [5.74, 6) is -0.966. The lowest BCUT2D eigenvalue weighted by Gasteiger charge is -2.09. The Morgan fingerprint density at radius 3 is 2.54 bits per heavy atom. The number of para-hydroxylation sites is 2. The number of aromatic amines is 1. The molecule has 2 aromatic heterocycles. The van der Waals surface area contributed by atoms with Gasteiger partial charge in [-0.2, -0.15) is 5.10 Å². The van der Waals surface area contributed by atoms with Gasteiger partial charge in [0.25, 0.3) is 5.56 Å². The van der Waals surface area contributed by atoms with Crippen LogP contribution >= 0.6 is 0 Å². The number of aromatic nitrogens is 3. The van der Waals surface area contributed by atoms with E-state index >= 15 is 0 Å². The van der Waals surface area contributed by atoms with Crippen molar-refractivity contribution in [2.45, 2.75) is 13.0 Å². The van der Waals surface area contributed by atoms with Crippen LogP contribution in [0.3, 0.4) is 0 Å². The third-order valence-electron chi connectivity index (χ3n) is 4.64. The second-order valence-electron chi connectivity index (χ2n) is 6.36. The average molecular weight is 376 g/mol. The van der Waals surface area contributed by atoms with Crippen LogP contribution in [0.5, 0.6) is 0 Å². The third-order valence-corrected chi connectivity index (χ3v) is 4.64. The number of rotatable bonds is 4. The van der Waals surface area contributed by atoms with Crippen molar-refractivity contribution in [2.24, 2.45) is 5.10 Å². The van der Waals surface area contributed by atoms with Gasteiger partial charge in [-0.15, -0.1) is 4.68 Å². The summed E-state index contributed by atoms with van der Waals surface area (Å²) in [7, 11) is 0. The zero-order chi connectivity index (χ0) is 19.8. The zero-order valence-electron chi connectivity index (χ0n) is 14.9. The fourth-order valence-electron chi connectivity index (χ4n) is 3.15. The van der Waals surface area contributed by atoms with Gasteiger partial charge >= 0.3 is 11.7 Å². The molecule has 4 aromatic rings. The van der Waals surface area contributed by atoms with Gasteiger partial charge in [-0.05, 0) is 25.1 Å². The molecule has 0 unspecified atom stereocenters. The molecule has 0 spiro atoms. The van der Waals surface area contributed by atoms with E-state index in [-0.39, 0.29) is 0 Å². The van der Waals surface area contributed by atoms with Crippen LogP contribution in [0.4, 0.5) is 0 Å². The van der Waals surface area contributed by atoms with Crippen LogP contribution in [-0.4, -0.2) is 31.5 Å². The Kier molecular flexibility index (Phi) is 4.15. The summed E-state index contributed by atoms with van der Waals surface area (Å²) < 4.78 is 2.38. The van der Waals surface area contributed by atoms with E-state index in [1.807, 2.05) is 18.2 Å². The number of hydrogen-bond donors (Lipinski definition) is 2. The molecule has 2 aromatic carbocycles. The Hall–Kier alpha value is -3.94. The maximum atomic E-state index is 12.6. The molecule has 0 aliphatic heterocycles. The van der Waals surface area contributed by atoms with Crippen LogP contribution in [0.1, 0.15) is 18.5 Å². The maximum absolute atomic E-state index is 12.6. The van der Waals surface area contributed by atoms with Crippen LogP contribution < -0.4 is 11.2 Å². The summed E-state index contributed by atoms with van der Waals surface area (Å²) >= 11 is 0. The van der Waals surface area contributed by atoms with Crippen molar-refractivity contribution in [3.05, 3.63) is 81.1 Å². The van der Waals surface area contributed by atoms with E-state index in [0.29, 0.717) is 16.5 Å². The van der Waals surface area contributed by atoms with E-state index in [1.165, 1.54) is 6.21 Å². The first kappa shape index (κ1) is 17.5. The van der Waals surface area contributed by atoms with E-state index in [9.17, 15) is 19.5 Å². The molecule has 0 bridgehead atoms. The van der Waals surface area contributed by atoms with Crippen molar-refractivity contribution in [3.8, 4) is 0 Å². The van der Waals surface area contributed by atoms with E-state index in [0.717, 1.165) is 15.6 Å². The minimum absolute atomic E-state index is 0.348. The van der Waals surface area contributed by atoms with Crippen molar-refractivity contribution in [3.63, 3.8) is 0 Å². The number of H-pyrrole nitrogens is 1. The number of nitrogens with zero attached hydrogens (tertiary/aromatic N) is 3. The number of hydrogen-bond acceptors (Lipinski definition) is 4. The molecular formula is C20H16N4O4.